The molecule has 0 aliphatic carbocycles. The topological polar surface area (TPSA) is 63.8 Å². The summed E-state index contributed by atoms with van der Waals surface area (Å²) < 4.78 is 6.77. The zero-order chi connectivity index (χ0) is 19.6. The van der Waals surface area contributed by atoms with Crippen LogP contribution in [0.2, 0.25) is 0 Å². The molecule has 142 valence electrons. The van der Waals surface area contributed by atoms with E-state index >= 15 is 0 Å². The number of thiophene rings is 1. The molecule has 5 rings (SSSR count). The van der Waals surface area contributed by atoms with E-state index in [9.17, 15) is 0 Å². The Hall–Kier alpha value is -3.51. The Balaban J connectivity index is 1.43. The Morgan fingerprint density at radius 1 is 0.931 bits per heavy atom. The van der Waals surface area contributed by atoms with Crippen molar-refractivity contribution >= 4 is 33.1 Å². The summed E-state index contributed by atoms with van der Waals surface area (Å²) in [7, 11) is 0. The predicted octanol–water partition coefficient (Wildman–Crippen LogP) is 6.32. The Morgan fingerprint density at radius 2 is 1.76 bits per heavy atom. The van der Waals surface area contributed by atoms with Gasteiger partial charge in [-0.15, -0.1) is 11.3 Å². The molecule has 0 saturated heterocycles. The van der Waals surface area contributed by atoms with Crippen molar-refractivity contribution in [3.8, 4) is 21.8 Å². The second-order valence-electron chi connectivity index (χ2n) is 6.59. The predicted molar refractivity (Wildman–Crippen MR) is 117 cm³/mol. The molecule has 2 aromatic carbocycles. The van der Waals surface area contributed by atoms with E-state index in [-0.39, 0.29) is 0 Å². The third-order valence-corrected chi connectivity index (χ3v) is 5.84. The lowest BCUT2D eigenvalue weighted by Gasteiger charge is -2.06. The molecule has 0 unspecified atom stereocenters. The molecular weight excluding hydrogens is 380 g/mol. The first-order valence-corrected chi connectivity index (χ1v) is 10.2. The van der Waals surface area contributed by atoms with E-state index in [0.717, 1.165) is 45.4 Å². The first kappa shape index (κ1) is 17.6. The second kappa shape index (κ2) is 7.48. The van der Waals surface area contributed by atoms with Crippen LogP contribution in [-0.4, -0.2) is 15.0 Å². The van der Waals surface area contributed by atoms with Gasteiger partial charge >= 0.3 is 0 Å². The molecule has 0 saturated carbocycles. The van der Waals surface area contributed by atoms with Crippen LogP contribution in [0.4, 0.5) is 11.5 Å². The van der Waals surface area contributed by atoms with Gasteiger partial charge in [0.25, 0.3) is 0 Å². The van der Waals surface area contributed by atoms with Gasteiger partial charge in [0.05, 0.1) is 16.4 Å². The van der Waals surface area contributed by atoms with Crippen molar-refractivity contribution in [3.63, 3.8) is 0 Å². The smallest absolute Gasteiger partial charge is 0.194 e. The van der Waals surface area contributed by atoms with Crippen LogP contribution in [0.1, 0.15) is 12.8 Å². The molecule has 29 heavy (non-hydrogen) atoms. The maximum Gasteiger partial charge on any atom is 0.194 e. The summed E-state index contributed by atoms with van der Waals surface area (Å²) in [6, 6.07) is 20.5. The largest absolute Gasteiger partial charge is 0.441 e. The minimum absolute atomic E-state index is 0.748. The Kier molecular flexibility index (Phi) is 4.54. The molecule has 3 heterocycles. The van der Waals surface area contributed by atoms with Gasteiger partial charge in [-0.1, -0.05) is 37.3 Å². The molecule has 0 bridgehead atoms. The molecule has 0 aliphatic rings. The van der Waals surface area contributed by atoms with E-state index in [1.54, 1.807) is 23.9 Å². The molecule has 0 aliphatic heterocycles. The van der Waals surface area contributed by atoms with E-state index in [2.05, 4.69) is 38.5 Å². The van der Waals surface area contributed by atoms with Crippen LogP contribution in [0.5, 0.6) is 0 Å². The van der Waals surface area contributed by atoms with Gasteiger partial charge in [-0.3, -0.25) is 0 Å². The summed E-state index contributed by atoms with van der Waals surface area (Å²) in [6.45, 7) is 2.03. The van der Waals surface area contributed by atoms with Crippen LogP contribution < -0.4 is 5.32 Å². The molecule has 0 fully saturated rings. The van der Waals surface area contributed by atoms with Gasteiger partial charge in [0, 0.05) is 22.5 Å². The summed E-state index contributed by atoms with van der Waals surface area (Å²) >= 11 is 1.69. The summed E-state index contributed by atoms with van der Waals surface area (Å²) in [6.07, 6.45) is 4.16. The number of nitrogens with one attached hydrogen (secondary N) is 1. The number of benzene rings is 2. The lowest BCUT2D eigenvalue weighted by Crippen LogP contribution is -1.94. The Morgan fingerprint density at radius 3 is 2.52 bits per heavy atom. The van der Waals surface area contributed by atoms with Crippen LogP contribution in [-0.2, 0) is 6.42 Å². The SMILES string of the molecule is CCc1ncc(-c2ccc(Nc3ncnc4cc(-c5ccccc5)sc34)cc2)o1. The number of nitrogens with zero attached hydrogens (tertiary/aromatic N) is 3. The van der Waals surface area contributed by atoms with E-state index in [0.29, 0.717) is 0 Å². The Bertz CT molecular complexity index is 1260. The number of oxazole rings is 1. The van der Waals surface area contributed by atoms with Crippen molar-refractivity contribution in [1.29, 1.82) is 0 Å². The van der Waals surface area contributed by atoms with E-state index in [1.807, 2.05) is 49.4 Å². The third-order valence-electron chi connectivity index (χ3n) is 4.66. The highest BCUT2D eigenvalue weighted by Crippen LogP contribution is 2.36. The summed E-state index contributed by atoms with van der Waals surface area (Å²) in [5, 5.41) is 3.42. The average Bonchev–Trinajstić information content (AvgIpc) is 3.43. The highest BCUT2D eigenvalue weighted by molar-refractivity contribution is 7.22. The van der Waals surface area contributed by atoms with Gasteiger partial charge in [0.15, 0.2) is 17.5 Å². The molecule has 5 nitrogen and oxygen atoms in total. The van der Waals surface area contributed by atoms with Crippen LogP contribution in [0.15, 0.2) is 77.6 Å². The fourth-order valence-electron chi connectivity index (χ4n) is 3.15. The van der Waals surface area contributed by atoms with Gasteiger partial charge in [-0.25, -0.2) is 15.0 Å². The van der Waals surface area contributed by atoms with Crippen LogP contribution >= 0.6 is 11.3 Å². The zero-order valence-corrected chi connectivity index (χ0v) is 16.6. The molecule has 0 atom stereocenters. The number of aromatic nitrogens is 3. The molecule has 0 spiro atoms. The second-order valence-corrected chi connectivity index (χ2v) is 7.64. The van der Waals surface area contributed by atoms with Crippen molar-refractivity contribution < 1.29 is 4.42 Å². The standard InChI is InChI=1S/C23H18N4OS/c1-2-21-24-13-19(28-21)15-8-10-17(11-9-15)27-23-22-18(25-14-26-23)12-20(29-22)16-6-4-3-5-7-16/h3-14H,2H2,1H3,(H,25,26,27). The first-order chi connectivity index (χ1) is 14.3. The molecule has 3 aromatic heterocycles. The minimum Gasteiger partial charge on any atom is -0.441 e. The minimum atomic E-state index is 0.748. The lowest BCUT2D eigenvalue weighted by molar-refractivity contribution is 0.514. The third kappa shape index (κ3) is 3.50. The van der Waals surface area contributed by atoms with Crippen molar-refractivity contribution in [2.24, 2.45) is 0 Å². The van der Waals surface area contributed by atoms with E-state index < -0.39 is 0 Å². The van der Waals surface area contributed by atoms with Crippen molar-refractivity contribution in [2.45, 2.75) is 13.3 Å². The quantitative estimate of drug-likeness (QED) is 0.375. The zero-order valence-electron chi connectivity index (χ0n) is 15.8. The van der Waals surface area contributed by atoms with Gasteiger partial charge in [0.2, 0.25) is 0 Å². The maximum atomic E-state index is 5.73. The monoisotopic (exact) mass is 398 g/mol. The van der Waals surface area contributed by atoms with E-state index in [1.165, 1.54) is 10.4 Å². The summed E-state index contributed by atoms with van der Waals surface area (Å²) in [5.74, 6) is 2.34. The number of anilines is 2. The summed E-state index contributed by atoms with van der Waals surface area (Å²) in [5.41, 5.74) is 4.08. The molecule has 0 radical (unpaired) electrons. The maximum absolute atomic E-state index is 5.73. The number of rotatable bonds is 5. The lowest BCUT2D eigenvalue weighted by atomic mass is 10.1. The molecular formula is C23H18N4OS. The van der Waals surface area contributed by atoms with Gasteiger partial charge in [-0.05, 0) is 35.9 Å². The first-order valence-electron chi connectivity index (χ1n) is 9.42. The number of fused-ring (bicyclic) bond motifs is 1. The van der Waals surface area contributed by atoms with Gasteiger partial charge < -0.3 is 9.73 Å². The fourth-order valence-corrected chi connectivity index (χ4v) is 4.21. The number of hydrogen-bond donors (Lipinski definition) is 1. The Labute approximate surface area is 172 Å². The normalized spacial score (nSPS) is 11.1. The fraction of sp³-hybridized carbons (Fsp3) is 0.0870. The van der Waals surface area contributed by atoms with Crippen molar-refractivity contribution in [2.75, 3.05) is 5.32 Å². The average molecular weight is 398 g/mol. The van der Waals surface area contributed by atoms with Crippen LogP contribution in [0.25, 0.3) is 32.0 Å². The van der Waals surface area contributed by atoms with Crippen LogP contribution in [0, 0.1) is 0 Å². The number of hydrogen-bond acceptors (Lipinski definition) is 6. The number of aryl methyl sites for hydroxylation is 1. The molecule has 0 amide bonds. The highest BCUT2D eigenvalue weighted by atomic mass is 32.1. The van der Waals surface area contributed by atoms with Crippen molar-refractivity contribution in [1.82, 2.24) is 15.0 Å². The van der Waals surface area contributed by atoms with Crippen LogP contribution in [0.3, 0.4) is 0 Å². The van der Waals surface area contributed by atoms with Gasteiger partial charge in [-0.2, -0.15) is 0 Å². The molecule has 6 heteroatoms. The van der Waals surface area contributed by atoms with E-state index in [4.69, 9.17) is 4.42 Å². The molecule has 5 aromatic rings. The molecule has 1 N–H and O–H groups in total. The summed E-state index contributed by atoms with van der Waals surface area (Å²) in [4.78, 5) is 14.3. The van der Waals surface area contributed by atoms with Crippen molar-refractivity contribution in [3.05, 3.63) is 79.1 Å². The highest BCUT2D eigenvalue weighted by Gasteiger charge is 2.11. The van der Waals surface area contributed by atoms with Gasteiger partial charge in [0.1, 0.15) is 6.33 Å².